The maximum atomic E-state index is 13.4. The smallest absolute Gasteiger partial charge is 0.410 e. The van der Waals surface area contributed by atoms with E-state index in [0.717, 1.165) is 57.5 Å². The Morgan fingerprint density at radius 3 is 2.18 bits per heavy atom. The van der Waals surface area contributed by atoms with E-state index in [1.54, 1.807) is 16.8 Å². The summed E-state index contributed by atoms with van der Waals surface area (Å²) < 4.78 is 5.58. The molecule has 2 fully saturated rings. The molecule has 0 saturated carbocycles. The predicted molar refractivity (Wildman–Crippen MR) is 155 cm³/mol. The van der Waals surface area contributed by atoms with Crippen LogP contribution in [0.5, 0.6) is 0 Å². The van der Waals surface area contributed by atoms with Crippen LogP contribution < -0.4 is 0 Å². The van der Waals surface area contributed by atoms with Crippen molar-refractivity contribution in [2.45, 2.75) is 76.4 Å². The summed E-state index contributed by atoms with van der Waals surface area (Å²) in [5.41, 5.74) is 0.112. The quantitative estimate of drug-likeness (QED) is 0.400. The molecular weight excluding hydrogens is 523 g/mol. The second kappa shape index (κ2) is 13.2. The van der Waals surface area contributed by atoms with Crippen LogP contribution in [0.25, 0.3) is 0 Å². The summed E-state index contributed by atoms with van der Waals surface area (Å²) in [5.74, 6) is 0.311. The highest BCUT2D eigenvalue weighted by Gasteiger charge is 2.47. The molecule has 2 aliphatic rings. The monoisotopic (exact) mass is 568 g/mol. The van der Waals surface area contributed by atoms with Crippen molar-refractivity contribution in [2.75, 3.05) is 60.4 Å². The molecule has 214 valence electrons. The summed E-state index contributed by atoms with van der Waals surface area (Å²) in [4.78, 5) is 34.5. The van der Waals surface area contributed by atoms with Gasteiger partial charge in [0.2, 0.25) is 5.91 Å². The maximum Gasteiger partial charge on any atom is 0.410 e. The molecule has 7 nitrogen and oxygen atoms in total. The van der Waals surface area contributed by atoms with Crippen LogP contribution in [-0.4, -0.2) is 103 Å². The van der Waals surface area contributed by atoms with Crippen LogP contribution in [0.15, 0.2) is 18.2 Å². The van der Waals surface area contributed by atoms with Gasteiger partial charge in [0.25, 0.3) is 0 Å². The number of carbonyl (C=O) groups excluding carboxylic acids is 2. The van der Waals surface area contributed by atoms with Gasteiger partial charge in [-0.1, -0.05) is 35.7 Å². The Balaban J connectivity index is 1.69. The lowest BCUT2D eigenvalue weighted by molar-refractivity contribution is -0.147. The van der Waals surface area contributed by atoms with Gasteiger partial charge in [0.1, 0.15) is 11.1 Å². The van der Waals surface area contributed by atoms with Gasteiger partial charge < -0.3 is 19.4 Å². The van der Waals surface area contributed by atoms with E-state index >= 15 is 0 Å². The Labute approximate surface area is 239 Å². The number of likely N-dealkylation sites (N-methyl/N-ethyl adjacent to an activating group) is 2. The molecule has 1 unspecified atom stereocenters. The third kappa shape index (κ3) is 8.00. The first-order chi connectivity index (χ1) is 17.8. The number of likely N-dealkylation sites (tertiary alicyclic amines) is 2. The fraction of sp³-hybridized carbons (Fsp3) is 0.724. The van der Waals surface area contributed by atoms with Gasteiger partial charge in [-0.2, -0.15) is 0 Å². The largest absolute Gasteiger partial charge is 0.444 e. The normalized spacial score (nSPS) is 19.6. The number of ether oxygens (including phenoxy) is 1. The molecule has 2 heterocycles. The molecule has 0 aliphatic carbocycles. The highest BCUT2D eigenvalue weighted by Crippen LogP contribution is 2.34. The van der Waals surface area contributed by atoms with Gasteiger partial charge >= 0.3 is 6.09 Å². The van der Waals surface area contributed by atoms with E-state index in [0.29, 0.717) is 16.6 Å². The van der Waals surface area contributed by atoms with E-state index < -0.39 is 5.60 Å². The molecule has 0 bridgehead atoms. The lowest BCUT2D eigenvalue weighted by atomic mass is 9.82. The van der Waals surface area contributed by atoms with Crippen molar-refractivity contribution in [3.63, 3.8) is 0 Å². The molecule has 2 saturated heterocycles. The average Bonchev–Trinajstić information content (AvgIpc) is 2.87. The Hall–Kier alpha value is -1.54. The zero-order valence-corrected chi connectivity index (χ0v) is 25.6. The molecule has 1 atom stereocenters. The highest BCUT2D eigenvalue weighted by atomic mass is 35.5. The Morgan fingerprint density at radius 2 is 1.63 bits per heavy atom. The van der Waals surface area contributed by atoms with Crippen molar-refractivity contribution < 1.29 is 14.3 Å². The SMILES string of the molecule is CN(C)C(=O)C1(N2CCCCC2)CCN(CCC(CN(C)C(=O)OC(C)(C)C)c2ccc(Cl)c(Cl)c2)CC1. The molecule has 2 amide bonds. The number of carbonyl (C=O) groups is 2. The van der Waals surface area contributed by atoms with Crippen LogP contribution in [0.4, 0.5) is 4.79 Å². The Kier molecular flexibility index (Phi) is 10.8. The minimum absolute atomic E-state index is 0.0690. The van der Waals surface area contributed by atoms with Crippen LogP contribution in [0.3, 0.4) is 0 Å². The second-order valence-electron chi connectivity index (χ2n) is 12.1. The van der Waals surface area contributed by atoms with Crippen LogP contribution in [0.2, 0.25) is 10.0 Å². The van der Waals surface area contributed by atoms with E-state index in [2.05, 4.69) is 9.80 Å². The molecule has 0 N–H and O–H groups in total. The number of halogens is 2. The molecule has 0 spiro atoms. The first kappa shape index (κ1) is 31.0. The van der Waals surface area contributed by atoms with Crippen molar-refractivity contribution >= 4 is 35.2 Å². The number of hydrogen-bond donors (Lipinski definition) is 0. The van der Waals surface area contributed by atoms with Gasteiger partial charge in [0, 0.05) is 46.7 Å². The van der Waals surface area contributed by atoms with Crippen LogP contribution in [0, 0.1) is 0 Å². The number of benzene rings is 1. The van der Waals surface area contributed by atoms with Crippen molar-refractivity contribution in [3.05, 3.63) is 33.8 Å². The molecule has 0 aromatic heterocycles. The van der Waals surface area contributed by atoms with E-state index in [4.69, 9.17) is 27.9 Å². The Morgan fingerprint density at radius 1 is 1.00 bits per heavy atom. The number of rotatable bonds is 8. The van der Waals surface area contributed by atoms with E-state index in [1.165, 1.54) is 19.3 Å². The zero-order valence-electron chi connectivity index (χ0n) is 24.1. The van der Waals surface area contributed by atoms with Crippen LogP contribution >= 0.6 is 23.2 Å². The fourth-order valence-electron chi connectivity index (χ4n) is 5.76. The minimum Gasteiger partial charge on any atom is -0.444 e. The van der Waals surface area contributed by atoms with E-state index in [1.807, 2.05) is 53.1 Å². The van der Waals surface area contributed by atoms with Crippen molar-refractivity contribution in [3.8, 4) is 0 Å². The summed E-state index contributed by atoms with van der Waals surface area (Å²) in [6.07, 6.45) is 5.80. The van der Waals surface area contributed by atoms with Crippen molar-refractivity contribution in [1.82, 2.24) is 19.6 Å². The lowest BCUT2D eigenvalue weighted by Gasteiger charge is -2.50. The van der Waals surface area contributed by atoms with Gasteiger partial charge in [0.15, 0.2) is 0 Å². The summed E-state index contributed by atoms with van der Waals surface area (Å²) in [6.45, 7) is 10.8. The summed E-state index contributed by atoms with van der Waals surface area (Å²) >= 11 is 12.6. The standard InChI is InChI=1S/C29H46Cl2N4O3/c1-28(2,3)38-27(37)33(6)21-23(22-10-11-24(30)25(31)20-22)12-17-34-18-13-29(14-19-34,26(36)32(4)5)35-15-8-7-9-16-35/h10-11,20,23H,7-9,12-19,21H2,1-6H3. The number of nitrogens with zero attached hydrogens (tertiary/aromatic N) is 4. The van der Waals surface area contributed by atoms with Crippen molar-refractivity contribution in [1.29, 1.82) is 0 Å². The molecule has 0 radical (unpaired) electrons. The lowest BCUT2D eigenvalue weighted by Crippen LogP contribution is -2.64. The zero-order chi connectivity index (χ0) is 28.1. The van der Waals surface area contributed by atoms with E-state index in [9.17, 15) is 9.59 Å². The first-order valence-corrected chi connectivity index (χ1v) is 14.7. The summed E-state index contributed by atoms with van der Waals surface area (Å²) in [6, 6.07) is 5.72. The van der Waals surface area contributed by atoms with Gasteiger partial charge in [-0.05, 0) is 90.2 Å². The average molecular weight is 570 g/mol. The molecule has 2 aliphatic heterocycles. The number of hydrogen-bond acceptors (Lipinski definition) is 5. The first-order valence-electron chi connectivity index (χ1n) is 13.9. The molecule has 9 heteroatoms. The predicted octanol–water partition coefficient (Wildman–Crippen LogP) is 5.74. The maximum absolute atomic E-state index is 13.4. The van der Waals surface area contributed by atoms with Gasteiger partial charge in [0.05, 0.1) is 10.0 Å². The highest BCUT2D eigenvalue weighted by molar-refractivity contribution is 6.42. The Bertz CT molecular complexity index is 952. The third-order valence-corrected chi connectivity index (χ3v) is 8.60. The van der Waals surface area contributed by atoms with E-state index in [-0.39, 0.29) is 23.5 Å². The van der Waals surface area contributed by atoms with Gasteiger partial charge in [-0.3, -0.25) is 9.69 Å². The second-order valence-corrected chi connectivity index (χ2v) is 13.0. The minimum atomic E-state index is -0.553. The number of piperidine rings is 2. The third-order valence-electron chi connectivity index (χ3n) is 7.86. The number of amides is 2. The van der Waals surface area contributed by atoms with Crippen LogP contribution in [-0.2, 0) is 9.53 Å². The fourth-order valence-corrected chi connectivity index (χ4v) is 6.07. The topological polar surface area (TPSA) is 56.3 Å². The molecule has 1 aromatic carbocycles. The van der Waals surface area contributed by atoms with Gasteiger partial charge in [-0.15, -0.1) is 0 Å². The summed E-state index contributed by atoms with van der Waals surface area (Å²) in [7, 11) is 5.53. The molecule has 38 heavy (non-hydrogen) atoms. The van der Waals surface area contributed by atoms with Crippen LogP contribution in [0.1, 0.15) is 70.8 Å². The molecule has 3 rings (SSSR count). The molecular formula is C29H46Cl2N4O3. The summed E-state index contributed by atoms with van der Waals surface area (Å²) in [5, 5.41) is 1.03. The van der Waals surface area contributed by atoms with Gasteiger partial charge in [-0.25, -0.2) is 4.79 Å². The molecule has 1 aromatic rings. The van der Waals surface area contributed by atoms with Crippen molar-refractivity contribution in [2.24, 2.45) is 0 Å².